The number of esters is 1. The second-order valence-corrected chi connectivity index (χ2v) is 5.66. The van der Waals surface area contributed by atoms with Crippen LogP contribution in [0.25, 0.3) is 0 Å². The largest absolute Gasteiger partial charge is 0.508 e. The van der Waals surface area contributed by atoms with Crippen molar-refractivity contribution in [2.75, 3.05) is 0 Å². The van der Waals surface area contributed by atoms with E-state index in [0.29, 0.717) is 12.0 Å². The van der Waals surface area contributed by atoms with Gasteiger partial charge in [0.25, 0.3) is 0 Å². The molecule has 128 valence electrons. The zero-order valence-corrected chi connectivity index (χ0v) is 13.1. The maximum absolute atomic E-state index is 12.5. The van der Waals surface area contributed by atoms with Crippen LogP contribution in [0.2, 0.25) is 0 Å². The third-order valence-electron chi connectivity index (χ3n) is 3.70. The molecule has 0 aromatic heterocycles. The molecule has 0 fully saturated rings. The summed E-state index contributed by atoms with van der Waals surface area (Å²) < 4.78 is 45.3. The summed E-state index contributed by atoms with van der Waals surface area (Å²) >= 11 is 0. The molecule has 2 rings (SSSR count). The zero-order chi connectivity index (χ0) is 21.3. The summed E-state index contributed by atoms with van der Waals surface area (Å²) in [5.41, 5.74) is 0.272. The quantitative estimate of drug-likeness (QED) is 0.637. The molecule has 5 heteroatoms. The molecule has 0 bridgehead atoms. The molecule has 0 amide bonds. The van der Waals surface area contributed by atoms with E-state index in [1.54, 1.807) is 0 Å². The Balaban J connectivity index is 2.39. The first kappa shape index (κ1) is 11.7. The van der Waals surface area contributed by atoms with Gasteiger partial charge in [-0.2, -0.15) is 0 Å². The third kappa shape index (κ3) is 5.13. The lowest BCUT2D eigenvalue weighted by atomic mass is 9.97. The number of aryl methyl sites for hydroxylation is 1. The van der Waals surface area contributed by atoms with Gasteiger partial charge in [0.2, 0.25) is 0 Å². The summed E-state index contributed by atoms with van der Waals surface area (Å²) in [7, 11) is 0. The van der Waals surface area contributed by atoms with E-state index < -0.39 is 43.1 Å². The number of benzene rings is 1. The molecule has 3 N–H and O–H groups in total. The number of rotatable bonds is 0. The molecule has 23 heavy (non-hydrogen) atoms. The van der Waals surface area contributed by atoms with Crippen LogP contribution in [0, 0.1) is 0 Å². The Labute approximate surface area is 143 Å². The number of carbonyl (C=O) groups excluding carboxylic acids is 1. The van der Waals surface area contributed by atoms with E-state index in [0.717, 1.165) is 6.07 Å². The van der Waals surface area contributed by atoms with E-state index in [4.69, 9.17) is 11.6 Å². The Morgan fingerprint density at radius 2 is 1.96 bits per heavy atom. The van der Waals surface area contributed by atoms with Crippen LogP contribution in [0.15, 0.2) is 12.1 Å². The van der Waals surface area contributed by atoms with Gasteiger partial charge in [-0.3, -0.25) is 0 Å². The fraction of sp³-hybridized carbons (Fsp3) is 0.611. The minimum Gasteiger partial charge on any atom is -0.508 e. The molecule has 0 saturated heterocycles. The van der Waals surface area contributed by atoms with Gasteiger partial charge in [-0.15, -0.1) is 0 Å². The number of cyclic esters (lactones) is 1. The minimum absolute atomic E-state index is 0.0514. The van der Waals surface area contributed by atoms with Crippen molar-refractivity contribution in [2.45, 2.75) is 70.4 Å². The van der Waals surface area contributed by atoms with Crippen LogP contribution < -0.4 is 0 Å². The number of aliphatic hydroxyl groups is 1. The predicted octanol–water partition coefficient (Wildman–Crippen LogP) is 3.29. The van der Waals surface area contributed by atoms with Crippen LogP contribution in [0.4, 0.5) is 0 Å². The van der Waals surface area contributed by atoms with Gasteiger partial charge in [-0.25, -0.2) is 4.79 Å². The normalized spacial score (nSPS) is 35.1. The number of fused-ring (bicyclic) bond motifs is 1. The first-order chi connectivity index (χ1) is 12.8. The van der Waals surface area contributed by atoms with Crippen molar-refractivity contribution in [1.29, 1.82) is 0 Å². The highest BCUT2D eigenvalue weighted by Crippen LogP contribution is 2.30. The fourth-order valence-corrected chi connectivity index (χ4v) is 2.51. The molecular weight excluding hydrogens is 296 g/mol. The second-order valence-electron chi connectivity index (χ2n) is 5.66. The number of ether oxygens (including phenoxy) is 1. The summed E-state index contributed by atoms with van der Waals surface area (Å²) in [5, 5.41) is 30.2. The monoisotopic (exact) mass is 327 g/mol. The lowest BCUT2D eigenvalue weighted by Gasteiger charge is -2.18. The average Bonchev–Trinajstić information content (AvgIpc) is 2.55. The third-order valence-corrected chi connectivity index (χ3v) is 3.70. The van der Waals surface area contributed by atoms with Crippen molar-refractivity contribution in [3.05, 3.63) is 23.3 Å². The van der Waals surface area contributed by atoms with Gasteiger partial charge in [-0.1, -0.05) is 12.8 Å². The molecule has 1 aliphatic heterocycles. The topological polar surface area (TPSA) is 87.0 Å². The van der Waals surface area contributed by atoms with Gasteiger partial charge in [0, 0.05) is 11.5 Å². The van der Waals surface area contributed by atoms with Crippen LogP contribution in [0.3, 0.4) is 0 Å². The summed E-state index contributed by atoms with van der Waals surface area (Å²) in [6.45, 7) is 1.51. The van der Waals surface area contributed by atoms with E-state index >= 15 is 0 Å². The van der Waals surface area contributed by atoms with Gasteiger partial charge in [-0.05, 0) is 57.0 Å². The number of hydrogen-bond donors (Lipinski definition) is 3. The van der Waals surface area contributed by atoms with Crippen LogP contribution in [0.1, 0.15) is 74.5 Å². The number of hydrogen-bond acceptors (Lipinski definition) is 5. The van der Waals surface area contributed by atoms with E-state index in [9.17, 15) is 20.1 Å². The maximum atomic E-state index is 12.5. The van der Waals surface area contributed by atoms with Gasteiger partial charge in [0.05, 0.1) is 13.6 Å². The Kier molecular flexibility index (Phi) is 4.18. The molecule has 5 nitrogen and oxygen atoms in total. The molecule has 1 unspecified atom stereocenters. The molecular formula is C18H26O5. The smallest absolute Gasteiger partial charge is 0.342 e. The van der Waals surface area contributed by atoms with Gasteiger partial charge < -0.3 is 20.1 Å². The van der Waals surface area contributed by atoms with Crippen molar-refractivity contribution >= 4 is 5.97 Å². The highest BCUT2D eigenvalue weighted by Gasteiger charge is 2.21. The maximum Gasteiger partial charge on any atom is 0.342 e. The van der Waals surface area contributed by atoms with Gasteiger partial charge in [0.1, 0.15) is 17.1 Å². The van der Waals surface area contributed by atoms with Crippen LogP contribution in [0.5, 0.6) is 11.5 Å². The molecule has 0 radical (unpaired) electrons. The lowest BCUT2D eigenvalue weighted by Crippen LogP contribution is -2.18. The van der Waals surface area contributed by atoms with E-state index in [1.807, 2.05) is 0 Å². The predicted molar refractivity (Wildman–Crippen MR) is 86.7 cm³/mol. The average molecular weight is 327 g/mol. The number of phenolic OH excluding ortho intramolecular Hbond substituents is 2. The number of phenols is 2. The van der Waals surface area contributed by atoms with Crippen LogP contribution in [-0.2, 0) is 11.2 Å². The van der Waals surface area contributed by atoms with E-state index in [1.165, 1.54) is 13.0 Å². The fourth-order valence-electron chi connectivity index (χ4n) is 2.51. The summed E-state index contributed by atoms with van der Waals surface area (Å²) in [6, 6.07) is 2.37. The van der Waals surface area contributed by atoms with Crippen molar-refractivity contribution in [2.24, 2.45) is 0 Å². The minimum atomic E-state index is -2.97. The summed E-state index contributed by atoms with van der Waals surface area (Å²) in [6.07, 6.45) is -8.78. The number of carbonyl (C=O) groups is 1. The first-order valence-electron chi connectivity index (χ1n) is 10.3. The summed E-state index contributed by atoms with van der Waals surface area (Å²) in [5.74, 6) is -1.46. The van der Waals surface area contributed by atoms with Crippen molar-refractivity contribution < 1.29 is 31.7 Å². The molecule has 2 atom stereocenters. The highest BCUT2D eigenvalue weighted by molar-refractivity contribution is 5.94. The molecule has 0 saturated carbocycles. The Morgan fingerprint density at radius 1 is 1.22 bits per heavy atom. The lowest BCUT2D eigenvalue weighted by molar-refractivity contribution is 0.0305. The second kappa shape index (κ2) is 8.20. The Morgan fingerprint density at radius 3 is 2.74 bits per heavy atom. The number of aromatic hydroxyl groups is 2. The molecule has 1 heterocycles. The highest BCUT2D eigenvalue weighted by atomic mass is 16.5. The molecule has 0 aliphatic carbocycles. The Bertz CT molecular complexity index is 735. The van der Waals surface area contributed by atoms with Gasteiger partial charge >= 0.3 is 5.97 Å². The molecule has 0 spiro atoms. The Hall–Kier alpha value is -1.75. The first-order valence-corrected chi connectivity index (χ1v) is 7.77. The van der Waals surface area contributed by atoms with E-state index in [-0.39, 0.29) is 37.0 Å². The van der Waals surface area contributed by atoms with Gasteiger partial charge in [0.15, 0.2) is 0 Å². The van der Waals surface area contributed by atoms with Crippen LogP contribution in [-0.4, -0.2) is 33.5 Å². The summed E-state index contributed by atoms with van der Waals surface area (Å²) in [4.78, 5) is 12.5. The van der Waals surface area contributed by atoms with Crippen molar-refractivity contribution in [3.8, 4) is 11.5 Å². The van der Waals surface area contributed by atoms with Crippen molar-refractivity contribution in [3.63, 3.8) is 0 Å². The van der Waals surface area contributed by atoms with Crippen LogP contribution >= 0.6 is 0 Å². The molecule has 1 aromatic rings. The standard InChI is InChI=1S/C18H26O5/c1-12-6-5-9-14(19)8-4-2-3-7-13-10-15(20)11-16(21)17(13)18(22)23-12/h10-12,14,19-21H,2-9H2,1H3/t12-,14?/m1/s1/i8D2,9D2,14D. The molecule has 1 aliphatic rings. The van der Waals surface area contributed by atoms with Crippen molar-refractivity contribution in [1.82, 2.24) is 0 Å². The zero-order valence-electron chi connectivity index (χ0n) is 18.1. The van der Waals surface area contributed by atoms with E-state index in [2.05, 4.69) is 0 Å². The molecule has 1 aromatic carbocycles. The SMILES string of the molecule is [2H]C1([2H])CCCCc2cc(O)cc(O)c2C(=O)O[C@H](C)CCC([2H])([2H])C1([2H])O.